The van der Waals surface area contributed by atoms with Gasteiger partial charge < -0.3 is 4.90 Å². The topological polar surface area (TPSA) is 33.2 Å². The molecule has 1 heterocycles. The van der Waals surface area contributed by atoms with Crippen LogP contribution in [0.15, 0.2) is 22.9 Å². The van der Waals surface area contributed by atoms with Gasteiger partial charge in [0.1, 0.15) is 4.60 Å². The predicted molar refractivity (Wildman–Crippen MR) is 70.8 cm³/mol. The van der Waals surface area contributed by atoms with Crippen LogP contribution in [0.5, 0.6) is 0 Å². The lowest BCUT2D eigenvalue weighted by Gasteiger charge is -2.24. The van der Waals surface area contributed by atoms with Crippen molar-refractivity contribution in [2.24, 2.45) is 5.92 Å². The molecule has 0 unspecified atom stereocenters. The van der Waals surface area contributed by atoms with Gasteiger partial charge in [0.05, 0.1) is 0 Å². The summed E-state index contributed by atoms with van der Waals surface area (Å²) in [5.74, 6) is 0.633. The molecule has 17 heavy (non-hydrogen) atoms. The van der Waals surface area contributed by atoms with Gasteiger partial charge in [-0.25, -0.2) is 4.98 Å². The molecule has 0 atom stereocenters. The Bertz CT molecular complexity index is 416. The van der Waals surface area contributed by atoms with Gasteiger partial charge in [0.2, 0.25) is 0 Å². The van der Waals surface area contributed by atoms with Crippen LogP contribution in [0.1, 0.15) is 37.0 Å². The summed E-state index contributed by atoms with van der Waals surface area (Å²) in [5, 5.41) is 0. The Kier molecular flexibility index (Phi) is 3.82. The van der Waals surface area contributed by atoms with E-state index in [9.17, 15) is 4.79 Å². The minimum atomic E-state index is 0.129. The Morgan fingerprint density at radius 1 is 1.59 bits per heavy atom. The quantitative estimate of drug-likeness (QED) is 0.800. The van der Waals surface area contributed by atoms with E-state index in [4.69, 9.17) is 0 Å². The lowest BCUT2D eigenvalue weighted by atomic mass is 10.1. The Morgan fingerprint density at radius 2 is 2.29 bits per heavy atom. The molecule has 1 saturated carbocycles. The lowest BCUT2D eigenvalue weighted by molar-refractivity contribution is 0.0722. The van der Waals surface area contributed by atoms with E-state index in [0.29, 0.717) is 16.6 Å². The summed E-state index contributed by atoms with van der Waals surface area (Å²) in [6.45, 7) is 5.12. The normalized spacial score (nSPS) is 15.1. The molecule has 4 heteroatoms. The van der Waals surface area contributed by atoms with Gasteiger partial charge in [-0.3, -0.25) is 4.79 Å². The molecular formula is C13H17BrN2O. The maximum atomic E-state index is 12.4. The van der Waals surface area contributed by atoms with Crippen molar-refractivity contribution >= 4 is 21.8 Å². The molecule has 92 valence electrons. The van der Waals surface area contributed by atoms with Crippen LogP contribution < -0.4 is 0 Å². The first-order valence-electron chi connectivity index (χ1n) is 6.00. The highest BCUT2D eigenvalue weighted by Gasteiger charge is 2.33. The number of hydrogen-bond donors (Lipinski definition) is 0. The zero-order chi connectivity index (χ0) is 12.4. The second-order valence-electron chi connectivity index (χ2n) is 4.95. The molecule has 0 aromatic carbocycles. The Morgan fingerprint density at radius 3 is 2.82 bits per heavy atom. The molecular weight excluding hydrogens is 280 g/mol. The molecule has 1 aliphatic rings. The highest BCUT2D eigenvalue weighted by atomic mass is 79.9. The fraction of sp³-hybridized carbons (Fsp3) is 0.538. The minimum absolute atomic E-state index is 0.129. The summed E-state index contributed by atoms with van der Waals surface area (Å²) in [6.07, 6.45) is 3.95. The number of carbonyl (C=O) groups excluding carboxylic acids is 1. The number of amides is 1. The third kappa shape index (κ3) is 3.28. The average molecular weight is 297 g/mol. The minimum Gasteiger partial charge on any atom is -0.335 e. The van der Waals surface area contributed by atoms with E-state index < -0.39 is 0 Å². The number of nitrogens with zero attached hydrogens (tertiary/aromatic N) is 2. The third-order valence-electron chi connectivity index (χ3n) is 2.78. The van der Waals surface area contributed by atoms with Gasteiger partial charge in [-0.15, -0.1) is 0 Å². The van der Waals surface area contributed by atoms with E-state index in [0.717, 1.165) is 24.9 Å². The van der Waals surface area contributed by atoms with Gasteiger partial charge in [0.25, 0.3) is 5.91 Å². The van der Waals surface area contributed by atoms with Crippen molar-refractivity contribution in [1.82, 2.24) is 9.88 Å². The zero-order valence-corrected chi connectivity index (χ0v) is 11.8. The largest absolute Gasteiger partial charge is 0.335 e. The van der Waals surface area contributed by atoms with E-state index in [1.54, 1.807) is 18.3 Å². The number of pyridine rings is 1. The van der Waals surface area contributed by atoms with Crippen LogP contribution in [0, 0.1) is 5.92 Å². The van der Waals surface area contributed by atoms with Crippen molar-refractivity contribution < 1.29 is 4.79 Å². The molecule has 0 aliphatic heterocycles. The molecule has 3 nitrogen and oxygen atoms in total. The third-order valence-corrected chi connectivity index (χ3v) is 3.22. The van der Waals surface area contributed by atoms with Crippen LogP contribution >= 0.6 is 15.9 Å². The summed E-state index contributed by atoms with van der Waals surface area (Å²) in [6, 6.07) is 4.03. The fourth-order valence-corrected chi connectivity index (χ4v) is 2.24. The molecule has 0 bridgehead atoms. The number of rotatable bonds is 4. The number of aromatic nitrogens is 1. The Hall–Kier alpha value is -0.900. The first-order valence-corrected chi connectivity index (χ1v) is 6.79. The van der Waals surface area contributed by atoms with Crippen molar-refractivity contribution in [1.29, 1.82) is 0 Å². The van der Waals surface area contributed by atoms with Gasteiger partial charge in [-0.05, 0) is 46.8 Å². The standard InChI is InChI=1S/C13H17BrN2O/c1-9(2)8-16(11-3-4-11)13(17)10-5-6-15-12(14)7-10/h5-7,9,11H,3-4,8H2,1-2H3. The molecule has 0 spiro atoms. The molecule has 1 aromatic rings. The highest BCUT2D eigenvalue weighted by molar-refractivity contribution is 9.10. The summed E-state index contributed by atoms with van der Waals surface area (Å²) in [7, 11) is 0. The average Bonchev–Trinajstić information content (AvgIpc) is 3.08. The smallest absolute Gasteiger partial charge is 0.254 e. The number of hydrogen-bond acceptors (Lipinski definition) is 2. The van der Waals surface area contributed by atoms with E-state index in [-0.39, 0.29) is 5.91 Å². The molecule has 0 radical (unpaired) electrons. The van der Waals surface area contributed by atoms with Crippen LogP contribution in [0.2, 0.25) is 0 Å². The Balaban J connectivity index is 2.15. The molecule has 1 aliphatic carbocycles. The van der Waals surface area contributed by atoms with Gasteiger partial charge >= 0.3 is 0 Å². The summed E-state index contributed by atoms with van der Waals surface area (Å²) in [4.78, 5) is 18.4. The summed E-state index contributed by atoms with van der Waals surface area (Å²) >= 11 is 3.30. The van der Waals surface area contributed by atoms with Gasteiger partial charge in [0.15, 0.2) is 0 Å². The molecule has 1 amide bonds. The van der Waals surface area contributed by atoms with Crippen LogP contribution in [0.4, 0.5) is 0 Å². The van der Waals surface area contributed by atoms with Crippen molar-refractivity contribution in [2.45, 2.75) is 32.7 Å². The zero-order valence-electron chi connectivity index (χ0n) is 10.2. The van der Waals surface area contributed by atoms with Crippen molar-refractivity contribution in [2.75, 3.05) is 6.54 Å². The van der Waals surface area contributed by atoms with E-state index >= 15 is 0 Å². The molecule has 1 fully saturated rings. The maximum absolute atomic E-state index is 12.4. The first kappa shape index (κ1) is 12.6. The fourth-order valence-electron chi connectivity index (χ4n) is 1.88. The van der Waals surface area contributed by atoms with Gasteiger partial charge in [-0.2, -0.15) is 0 Å². The highest BCUT2D eigenvalue weighted by Crippen LogP contribution is 2.29. The molecule has 0 saturated heterocycles. The predicted octanol–water partition coefficient (Wildman–Crippen LogP) is 3.10. The first-order chi connectivity index (χ1) is 8.08. The lowest BCUT2D eigenvalue weighted by Crippen LogP contribution is -2.36. The Labute approximate surface area is 110 Å². The van der Waals surface area contributed by atoms with E-state index in [2.05, 4.69) is 34.8 Å². The van der Waals surface area contributed by atoms with Crippen LogP contribution in [-0.2, 0) is 0 Å². The maximum Gasteiger partial charge on any atom is 0.254 e. The number of halogens is 1. The van der Waals surface area contributed by atoms with Crippen molar-refractivity contribution in [3.63, 3.8) is 0 Å². The van der Waals surface area contributed by atoms with E-state index in [1.807, 2.05) is 4.90 Å². The van der Waals surface area contributed by atoms with E-state index in [1.165, 1.54) is 0 Å². The van der Waals surface area contributed by atoms with Gasteiger partial charge in [0, 0.05) is 24.3 Å². The monoisotopic (exact) mass is 296 g/mol. The van der Waals surface area contributed by atoms with Gasteiger partial charge in [-0.1, -0.05) is 13.8 Å². The van der Waals surface area contributed by atoms with Crippen molar-refractivity contribution in [3.05, 3.63) is 28.5 Å². The molecule has 1 aromatic heterocycles. The summed E-state index contributed by atoms with van der Waals surface area (Å²) < 4.78 is 0.712. The van der Waals surface area contributed by atoms with Crippen LogP contribution in [0.25, 0.3) is 0 Å². The second kappa shape index (κ2) is 5.17. The second-order valence-corrected chi connectivity index (χ2v) is 5.76. The number of carbonyl (C=O) groups is 1. The summed E-state index contributed by atoms with van der Waals surface area (Å²) in [5.41, 5.74) is 0.722. The van der Waals surface area contributed by atoms with Crippen molar-refractivity contribution in [3.8, 4) is 0 Å². The molecule has 0 N–H and O–H groups in total. The SMILES string of the molecule is CC(C)CN(C(=O)c1ccnc(Br)c1)C1CC1. The molecule has 2 rings (SSSR count). The van der Waals surface area contributed by atoms with Crippen LogP contribution in [-0.4, -0.2) is 28.4 Å². The van der Waals surface area contributed by atoms with Crippen LogP contribution in [0.3, 0.4) is 0 Å².